The number of hydrogen-bond acceptors (Lipinski definition) is 4. The van der Waals surface area contributed by atoms with Gasteiger partial charge >= 0.3 is 0 Å². The molecule has 4 nitrogen and oxygen atoms in total. The smallest absolute Gasteiger partial charge is 0.225 e. The first kappa shape index (κ1) is 8.93. The van der Waals surface area contributed by atoms with Gasteiger partial charge in [-0.05, 0) is 13.0 Å². The molecule has 4 heteroatoms. The van der Waals surface area contributed by atoms with Crippen LogP contribution in [-0.2, 0) is 0 Å². The van der Waals surface area contributed by atoms with Gasteiger partial charge in [0.05, 0.1) is 0 Å². The van der Waals surface area contributed by atoms with Crippen LogP contribution in [-0.4, -0.2) is 29.6 Å². The zero-order valence-corrected chi connectivity index (χ0v) is 7.44. The molecule has 0 spiro atoms. The molecular formula is C8H14N4. The minimum absolute atomic E-state index is 0.138. The molecule has 0 aliphatic rings. The van der Waals surface area contributed by atoms with E-state index in [0.717, 1.165) is 12.5 Å². The van der Waals surface area contributed by atoms with Crippen molar-refractivity contribution in [3.63, 3.8) is 0 Å². The van der Waals surface area contributed by atoms with Gasteiger partial charge in [0.25, 0.3) is 0 Å². The second-order valence-electron chi connectivity index (χ2n) is 2.91. The Balaban J connectivity index is 2.59. The van der Waals surface area contributed by atoms with Crippen molar-refractivity contribution in [2.75, 3.05) is 18.5 Å². The molecule has 1 unspecified atom stereocenters. The molecule has 0 bridgehead atoms. The lowest BCUT2D eigenvalue weighted by atomic mass is 10.3. The van der Waals surface area contributed by atoms with Gasteiger partial charge in [-0.3, -0.25) is 0 Å². The minimum Gasteiger partial charge on any atom is -0.342 e. The maximum atomic E-state index is 5.63. The molecule has 0 aliphatic heterocycles. The van der Waals surface area contributed by atoms with Crippen LogP contribution in [0.3, 0.4) is 0 Å². The number of rotatable bonds is 3. The highest BCUT2D eigenvalue weighted by Crippen LogP contribution is 2.01. The first-order valence-electron chi connectivity index (χ1n) is 3.94. The molecule has 0 saturated carbocycles. The van der Waals surface area contributed by atoms with Gasteiger partial charge in [0.2, 0.25) is 5.95 Å². The van der Waals surface area contributed by atoms with Gasteiger partial charge in [-0.15, -0.1) is 0 Å². The van der Waals surface area contributed by atoms with E-state index < -0.39 is 0 Å². The quantitative estimate of drug-likeness (QED) is 0.699. The Hall–Kier alpha value is -1.16. The predicted octanol–water partition coefficient (Wildman–Crippen LogP) is 0.260. The van der Waals surface area contributed by atoms with Crippen LogP contribution in [0.1, 0.15) is 6.92 Å². The fraction of sp³-hybridized carbons (Fsp3) is 0.500. The molecule has 2 N–H and O–H groups in total. The van der Waals surface area contributed by atoms with Gasteiger partial charge in [-0.1, -0.05) is 0 Å². The Kier molecular flexibility index (Phi) is 2.99. The van der Waals surface area contributed by atoms with Crippen molar-refractivity contribution in [3.05, 3.63) is 18.5 Å². The Morgan fingerprint density at radius 3 is 2.58 bits per heavy atom. The second kappa shape index (κ2) is 4.01. The normalized spacial score (nSPS) is 12.6. The van der Waals surface area contributed by atoms with E-state index in [4.69, 9.17) is 5.73 Å². The monoisotopic (exact) mass is 166 g/mol. The van der Waals surface area contributed by atoms with Gasteiger partial charge < -0.3 is 10.6 Å². The van der Waals surface area contributed by atoms with Crippen LogP contribution >= 0.6 is 0 Å². The summed E-state index contributed by atoms with van der Waals surface area (Å²) in [7, 11) is 1.93. The van der Waals surface area contributed by atoms with Crippen LogP contribution in [0.15, 0.2) is 18.5 Å². The van der Waals surface area contributed by atoms with E-state index in [1.165, 1.54) is 0 Å². The fourth-order valence-electron chi connectivity index (χ4n) is 1.00. The van der Waals surface area contributed by atoms with Crippen molar-refractivity contribution < 1.29 is 0 Å². The number of nitrogens with zero attached hydrogens (tertiary/aromatic N) is 3. The van der Waals surface area contributed by atoms with E-state index in [1.807, 2.05) is 18.9 Å². The summed E-state index contributed by atoms with van der Waals surface area (Å²) in [5.74, 6) is 0.717. The molecule has 0 aliphatic carbocycles. The van der Waals surface area contributed by atoms with E-state index in [0.29, 0.717) is 0 Å². The largest absolute Gasteiger partial charge is 0.342 e. The summed E-state index contributed by atoms with van der Waals surface area (Å²) >= 11 is 0. The van der Waals surface area contributed by atoms with Crippen molar-refractivity contribution in [2.45, 2.75) is 13.0 Å². The van der Waals surface area contributed by atoms with Crippen LogP contribution in [0.4, 0.5) is 5.95 Å². The zero-order valence-electron chi connectivity index (χ0n) is 7.44. The molecule has 1 aromatic rings. The van der Waals surface area contributed by atoms with E-state index in [2.05, 4.69) is 9.97 Å². The van der Waals surface area contributed by atoms with Crippen LogP contribution < -0.4 is 10.6 Å². The Morgan fingerprint density at radius 2 is 2.08 bits per heavy atom. The maximum Gasteiger partial charge on any atom is 0.225 e. The Labute approximate surface area is 72.4 Å². The van der Waals surface area contributed by atoms with Gasteiger partial charge in [-0.25, -0.2) is 9.97 Å². The summed E-state index contributed by atoms with van der Waals surface area (Å²) in [6.45, 7) is 2.73. The third-order valence-corrected chi connectivity index (χ3v) is 1.46. The van der Waals surface area contributed by atoms with E-state index in [9.17, 15) is 0 Å². The highest BCUT2D eigenvalue weighted by atomic mass is 15.2. The van der Waals surface area contributed by atoms with E-state index >= 15 is 0 Å². The minimum atomic E-state index is 0.138. The average molecular weight is 166 g/mol. The average Bonchev–Trinajstić information content (AvgIpc) is 2.05. The summed E-state index contributed by atoms with van der Waals surface area (Å²) in [4.78, 5) is 10.1. The van der Waals surface area contributed by atoms with Crippen molar-refractivity contribution >= 4 is 5.95 Å². The molecule has 1 heterocycles. The number of likely N-dealkylation sites (N-methyl/N-ethyl adjacent to an activating group) is 1. The zero-order chi connectivity index (χ0) is 8.97. The SMILES string of the molecule is CC(N)CN(C)c1ncccn1. The van der Waals surface area contributed by atoms with Crippen LogP contribution in [0.25, 0.3) is 0 Å². The van der Waals surface area contributed by atoms with E-state index in [-0.39, 0.29) is 6.04 Å². The lowest BCUT2D eigenvalue weighted by Crippen LogP contribution is -2.33. The highest BCUT2D eigenvalue weighted by Gasteiger charge is 2.04. The first-order valence-corrected chi connectivity index (χ1v) is 3.94. The lowest BCUT2D eigenvalue weighted by molar-refractivity contribution is 0.704. The van der Waals surface area contributed by atoms with Gasteiger partial charge in [-0.2, -0.15) is 0 Å². The molecule has 0 radical (unpaired) electrons. The van der Waals surface area contributed by atoms with Crippen LogP contribution in [0.5, 0.6) is 0 Å². The van der Waals surface area contributed by atoms with Gasteiger partial charge in [0, 0.05) is 32.0 Å². The third-order valence-electron chi connectivity index (χ3n) is 1.46. The van der Waals surface area contributed by atoms with E-state index in [1.54, 1.807) is 18.5 Å². The predicted molar refractivity (Wildman–Crippen MR) is 49.0 cm³/mol. The Morgan fingerprint density at radius 1 is 1.50 bits per heavy atom. The van der Waals surface area contributed by atoms with Crippen molar-refractivity contribution in [2.24, 2.45) is 5.73 Å². The molecule has 0 fully saturated rings. The second-order valence-corrected chi connectivity index (χ2v) is 2.91. The first-order chi connectivity index (χ1) is 5.70. The molecule has 1 aromatic heterocycles. The standard InChI is InChI=1S/C8H14N4/c1-7(9)6-12(2)8-10-4-3-5-11-8/h3-5,7H,6,9H2,1-2H3. The number of aromatic nitrogens is 2. The molecule has 0 amide bonds. The molecule has 66 valence electrons. The highest BCUT2D eigenvalue weighted by molar-refractivity contribution is 5.26. The van der Waals surface area contributed by atoms with Crippen molar-refractivity contribution in [3.8, 4) is 0 Å². The van der Waals surface area contributed by atoms with Crippen molar-refractivity contribution in [1.29, 1.82) is 0 Å². The summed E-state index contributed by atoms with van der Waals surface area (Å²) in [6, 6.07) is 1.93. The molecule has 1 atom stereocenters. The maximum absolute atomic E-state index is 5.63. The van der Waals surface area contributed by atoms with Gasteiger partial charge in [0.15, 0.2) is 0 Å². The lowest BCUT2D eigenvalue weighted by Gasteiger charge is -2.18. The number of nitrogens with two attached hydrogens (primary N) is 1. The number of hydrogen-bond donors (Lipinski definition) is 1. The third kappa shape index (κ3) is 2.47. The summed E-state index contributed by atoms with van der Waals surface area (Å²) < 4.78 is 0. The Bertz CT molecular complexity index is 222. The summed E-state index contributed by atoms with van der Waals surface area (Å²) in [5.41, 5.74) is 5.63. The van der Waals surface area contributed by atoms with Crippen molar-refractivity contribution in [1.82, 2.24) is 9.97 Å². The molecule has 0 saturated heterocycles. The summed E-state index contributed by atoms with van der Waals surface area (Å²) in [5, 5.41) is 0. The van der Waals surface area contributed by atoms with Crippen LogP contribution in [0.2, 0.25) is 0 Å². The number of anilines is 1. The van der Waals surface area contributed by atoms with Gasteiger partial charge in [0.1, 0.15) is 0 Å². The molecule has 0 aromatic carbocycles. The molecule has 1 rings (SSSR count). The molecular weight excluding hydrogens is 152 g/mol. The molecule has 12 heavy (non-hydrogen) atoms. The fourth-order valence-corrected chi connectivity index (χ4v) is 1.00. The van der Waals surface area contributed by atoms with Crippen LogP contribution in [0, 0.1) is 0 Å². The topological polar surface area (TPSA) is 55.0 Å². The summed E-state index contributed by atoms with van der Waals surface area (Å²) in [6.07, 6.45) is 3.44.